The minimum Gasteiger partial charge on any atom is -0.545 e. The highest BCUT2D eigenvalue weighted by molar-refractivity contribution is 5.70. The summed E-state index contributed by atoms with van der Waals surface area (Å²) in [6.07, 6.45) is 112. The van der Waals surface area contributed by atoms with Gasteiger partial charge in [0.2, 0.25) is 0 Å². The first-order valence-electron chi connectivity index (χ1n) is 39.3. The lowest BCUT2D eigenvalue weighted by atomic mass is 10.0. The molecule has 0 bridgehead atoms. The van der Waals surface area contributed by atoms with Crippen molar-refractivity contribution in [3.8, 4) is 0 Å². The lowest BCUT2D eigenvalue weighted by molar-refractivity contribution is -0.870. The number of esters is 2. The lowest BCUT2D eigenvalue weighted by Gasteiger charge is -2.26. The predicted molar refractivity (Wildman–Crippen MR) is 416 cm³/mol. The number of quaternary nitrogens is 1. The number of hydrogen-bond donors (Lipinski definition) is 0. The fourth-order valence-electron chi connectivity index (χ4n) is 10.6. The van der Waals surface area contributed by atoms with Crippen molar-refractivity contribution in [3.05, 3.63) is 170 Å². The molecule has 9 heteroatoms. The molecule has 0 aliphatic rings. The van der Waals surface area contributed by atoms with Gasteiger partial charge < -0.3 is 33.3 Å². The van der Waals surface area contributed by atoms with Crippen molar-refractivity contribution >= 4 is 17.9 Å². The minimum absolute atomic E-state index is 0.141. The van der Waals surface area contributed by atoms with E-state index in [0.717, 1.165) is 128 Å². The molecule has 0 saturated carbocycles. The van der Waals surface area contributed by atoms with Gasteiger partial charge in [0, 0.05) is 12.8 Å². The summed E-state index contributed by atoms with van der Waals surface area (Å²) >= 11 is 0. The van der Waals surface area contributed by atoms with Gasteiger partial charge in [-0.3, -0.25) is 9.59 Å². The van der Waals surface area contributed by atoms with Crippen molar-refractivity contribution < 1.29 is 42.9 Å². The van der Waals surface area contributed by atoms with Crippen LogP contribution in [-0.4, -0.2) is 82.3 Å². The number of allylic oxidation sites excluding steroid dienone is 28. The third-order valence-electron chi connectivity index (χ3n) is 16.5. The van der Waals surface area contributed by atoms with E-state index in [1.807, 2.05) is 21.1 Å². The first kappa shape index (κ1) is 91.6. The molecule has 0 heterocycles. The summed E-state index contributed by atoms with van der Waals surface area (Å²) in [6.45, 7) is 4.53. The Kier molecular flexibility index (Phi) is 72.2. The normalized spacial score (nSPS) is 13.6. The zero-order valence-corrected chi connectivity index (χ0v) is 62.9. The van der Waals surface area contributed by atoms with Gasteiger partial charge in [-0.1, -0.05) is 338 Å². The van der Waals surface area contributed by atoms with Gasteiger partial charge in [-0.15, -0.1) is 0 Å². The third kappa shape index (κ3) is 77.9. The Balaban J connectivity index is 4.09. The van der Waals surface area contributed by atoms with E-state index >= 15 is 0 Å². The van der Waals surface area contributed by atoms with Gasteiger partial charge in [0.15, 0.2) is 12.4 Å². The Labute approximate surface area is 597 Å². The quantitative estimate of drug-likeness (QED) is 0.0195. The van der Waals surface area contributed by atoms with Gasteiger partial charge in [-0.05, 0) is 128 Å². The monoisotopic (exact) mass is 1340 g/mol. The van der Waals surface area contributed by atoms with Crippen LogP contribution in [0.5, 0.6) is 0 Å². The Morgan fingerprint density at radius 1 is 0.309 bits per heavy atom. The molecule has 0 aromatic carbocycles. The number of nitrogens with zero attached hydrogens (tertiary/aromatic N) is 1. The molecule has 0 aromatic rings. The smallest absolute Gasteiger partial charge is 0.306 e. The van der Waals surface area contributed by atoms with Crippen LogP contribution in [0.3, 0.4) is 0 Å². The SMILES string of the molecule is CC/C=C\C/C=C\C/C=C\C/C=C\C/C=C\C/C=C\C/C=C\C/C=C\C/C=C\CCCCCCCCCCCCCCCC(=O)OC(COC(=O)CCCCCCCCCCCCCCCCC/C=C\C/C=C\C/C=C\C/C=C\C/C=C\CC)COC(OCC[N+](C)(C)C)C(=O)[O-]. The molecule has 0 radical (unpaired) electrons. The number of carboxylic acids is 1. The van der Waals surface area contributed by atoms with Crippen molar-refractivity contribution in [1.82, 2.24) is 0 Å². The molecule has 0 spiro atoms. The molecular weight excluding hydrogens is 1200 g/mol. The molecular formula is C88H145NO8. The molecule has 97 heavy (non-hydrogen) atoms. The van der Waals surface area contributed by atoms with Crippen LogP contribution in [0.4, 0.5) is 0 Å². The summed E-state index contributed by atoms with van der Waals surface area (Å²) < 4.78 is 22.9. The van der Waals surface area contributed by atoms with Crippen LogP contribution in [0.1, 0.15) is 309 Å². The van der Waals surface area contributed by atoms with Gasteiger partial charge in [-0.2, -0.15) is 0 Å². The van der Waals surface area contributed by atoms with E-state index in [4.69, 9.17) is 18.9 Å². The zero-order chi connectivity index (χ0) is 70.4. The second-order valence-corrected chi connectivity index (χ2v) is 26.9. The molecule has 2 unspecified atom stereocenters. The zero-order valence-electron chi connectivity index (χ0n) is 62.9. The summed E-state index contributed by atoms with van der Waals surface area (Å²) in [6, 6.07) is 0. The van der Waals surface area contributed by atoms with E-state index in [2.05, 4.69) is 184 Å². The molecule has 0 fully saturated rings. The lowest BCUT2D eigenvalue weighted by Crippen LogP contribution is -2.44. The van der Waals surface area contributed by atoms with E-state index in [-0.39, 0.29) is 38.6 Å². The number of likely N-dealkylation sites (N-methyl/N-ethyl adjacent to an activating group) is 1. The average molecular weight is 1350 g/mol. The van der Waals surface area contributed by atoms with E-state index in [1.165, 1.54) is 148 Å². The van der Waals surface area contributed by atoms with E-state index in [0.29, 0.717) is 17.4 Å². The molecule has 0 N–H and O–H groups in total. The van der Waals surface area contributed by atoms with Crippen molar-refractivity contribution in [3.63, 3.8) is 0 Å². The molecule has 0 rings (SSSR count). The number of aliphatic carboxylic acids is 1. The summed E-state index contributed by atoms with van der Waals surface area (Å²) in [5.74, 6) is -2.29. The standard InChI is InChI=1S/C88H145NO8/c1-6-8-10-12-14-16-18-20-22-24-26-28-30-32-34-36-38-39-40-41-42-43-44-45-46-47-49-51-53-55-57-59-61-63-65-67-69-71-73-75-77-79-86(91)97-84(83-96-88(87(92)93)94-81-80-89(3,4)5)82-95-85(90)78-76-74-72-70-68-66-64-62-60-58-56-54-52-50-48-37-35-33-31-29-27-25-23-21-19-17-15-13-11-9-7-2/h8-11,14-17,20-23,26-29,32-35,38-39,41-42,44-45,47,49,84,88H,6-7,12-13,18-19,24-25,30-31,36-37,40,43,46,48,50-83H2,1-5H3/b10-8-,11-9-,16-14-,17-15-,22-20-,23-21-,28-26-,29-27-,34-32-,35-33-,39-38-,42-41-,45-44-,49-47-. The van der Waals surface area contributed by atoms with Gasteiger partial charge in [-0.25, -0.2) is 0 Å². The molecule has 2 atom stereocenters. The molecule has 0 aromatic heterocycles. The summed E-state index contributed by atoms with van der Waals surface area (Å²) in [5, 5.41) is 11.9. The number of hydrogen-bond acceptors (Lipinski definition) is 8. The predicted octanol–water partition coefficient (Wildman–Crippen LogP) is 24.0. The van der Waals surface area contributed by atoms with Crippen LogP contribution in [0.2, 0.25) is 0 Å². The Morgan fingerprint density at radius 2 is 0.557 bits per heavy atom. The fourth-order valence-corrected chi connectivity index (χ4v) is 10.6. The Hall–Kier alpha value is -5.35. The summed E-state index contributed by atoms with van der Waals surface area (Å²) in [7, 11) is 5.93. The summed E-state index contributed by atoms with van der Waals surface area (Å²) in [4.78, 5) is 37.6. The molecule has 550 valence electrons. The van der Waals surface area contributed by atoms with Crippen LogP contribution in [0, 0.1) is 0 Å². The number of carbonyl (C=O) groups is 3. The number of carboxylic acid groups (broad SMARTS) is 1. The van der Waals surface area contributed by atoms with Crippen molar-refractivity contribution in [2.24, 2.45) is 0 Å². The van der Waals surface area contributed by atoms with Gasteiger partial charge in [0.1, 0.15) is 13.2 Å². The average Bonchev–Trinajstić information content (AvgIpc) is 3.27. The van der Waals surface area contributed by atoms with Crippen molar-refractivity contribution in [2.75, 3.05) is 47.5 Å². The molecule has 0 aliphatic heterocycles. The van der Waals surface area contributed by atoms with Crippen LogP contribution in [0.15, 0.2) is 170 Å². The highest BCUT2D eigenvalue weighted by Gasteiger charge is 2.22. The number of unbranched alkanes of at least 4 members (excludes halogenated alkanes) is 28. The second-order valence-electron chi connectivity index (χ2n) is 26.9. The van der Waals surface area contributed by atoms with Crippen LogP contribution in [0.25, 0.3) is 0 Å². The third-order valence-corrected chi connectivity index (χ3v) is 16.5. The Bertz CT molecular complexity index is 2210. The van der Waals surface area contributed by atoms with E-state index < -0.39 is 24.3 Å². The first-order chi connectivity index (χ1) is 47.6. The number of ether oxygens (including phenoxy) is 4. The van der Waals surface area contributed by atoms with Crippen LogP contribution < -0.4 is 5.11 Å². The van der Waals surface area contributed by atoms with Crippen molar-refractivity contribution in [1.29, 1.82) is 0 Å². The van der Waals surface area contributed by atoms with Gasteiger partial charge in [0.05, 0.1) is 40.3 Å². The topological polar surface area (TPSA) is 111 Å². The van der Waals surface area contributed by atoms with Gasteiger partial charge in [0.25, 0.3) is 0 Å². The van der Waals surface area contributed by atoms with E-state index in [1.54, 1.807) is 0 Å². The number of rotatable bonds is 71. The maximum absolute atomic E-state index is 13.0. The highest BCUT2D eigenvalue weighted by atomic mass is 16.7. The maximum atomic E-state index is 13.0. The second kappa shape index (κ2) is 76.4. The molecule has 0 aliphatic carbocycles. The molecule has 9 nitrogen and oxygen atoms in total. The van der Waals surface area contributed by atoms with E-state index in [9.17, 15) is 19.5 Å². The molecule has 0 amide bonds. The first-order valence-corrected chi connectivity index (χ1v) is 39.3. The number of carbonyl (C=O) groups excluding carboxylic acids is 3. The minimum atomic E-state index is -1.63. The van der Waals surface area contributed by atoms with Crippen molar-refractivity contribution in [2.45, 2.75) is 322 Å². The Morgan fingerprint density at radius 3 is 0.825 bits per heavy atom. The van der Waals surface area contributed by atoms with Crippen LogP contribution >= 0.6 is 0 Å². The van der Waals surface area contributed by atoms with Crippen LogP contribution in [-0.2, 0) is 33.3 Å². The van der Waals surface area contributed by atoms with Gasteiger partial charge >= 0.3 is 11.9 Å². The highest BCUT2D eigenvalue weighted by Crippen LogP contribution is 2.17. The fraction of sp³-hybridized carbons (Fsp3) is 0.648. The largest absolute Gasteiger partial charge is 0.545 e. The molecule has 0 saturated heterocycles. The summed E-state index contributed by atoms with van der Waals surface area (Å²) in [5.41, 5.74) is 0. The maximum Gasteiger partial charge on any atom is 0.306 e.